The van der Waals surface area contributed by atoms with Crippen LogP contribution in [-0.2, 0) is 19.2 Å². The molecule has 0 aromatic carbocycles. The fourth-order valence-corrected chi connectivity index (χ4v) is 1.05. The standard InChI is InChI=1S/C8H12N2O6.C4H9NO.CH4O/c11-4-3-9-8(16)10-5(7(14)15)1-2-6(12)13;1-3-4(6)5-2;1-2/h4-5H,1-3H2,(H,12,13)(H,14,15)(H2,9,10,16);3H2,1-2H3,(H,5,6);2H,1H3/t5-;;/m0../s1. The highest BCUT2D eigenvalue weighted by Gasteiger charge is 2.20. The zero-order chi connectivity index (χ0) is 19.5. The Morgan fingerprint density at radius 3 is 1.96 bits per heavy atom. The number of carbonyl (C=O) groups is 5. The first-order valence-corrected chi connectivity index (χ1v) is 6.86. The molecule has 24 heavy (non-hydrogen) atoms. The van der Waals surface area contributed by atoms with Gasteiger partial charge in [-0.25, -0.2) is 9.59 Å². The molecule has 0 fully saturated rings. The van der Waals surface area contributed by atoms with Crippen molar-refractivity contribution in [2.75, 3.05) is 20.7 Å². The molecule has 140 valence electrons. The number of hydrogen-bond donors (Lipinski definition) is 6. The van der Waals surface area contributed by atoms with E-state index in [1.165, 1.54) is 0 Å². The zero-order valence-electron chi connectivity index (χ0n) is 13.9. The van der Waals surface area contributed by atoms with E-state index in [1.54, 1.807) is 7.05 Å². The molecule has 0 aliphatic carbocycles. The van der Waals surface area contributed by atoms with Crippen LogP contribution in [0.25, 0.3) is 0 Å². The molecule has 6 N–H and O–H groups in total. The third kappa shape index (κ3) is 19.3. The van der Waals surface area contributed by atoms with Gasteiger partial charge >= 0.3 is 18.0 Å². The van der Waals surface area contributed by atoms with Crippen molar-refractivity contribution in [1.82, 2.24) is 16.0 Å². The lowest BCUT2D eigenvalue weighted by Gasteiger charge is -2.13. The van der Waals surface area contributed by atoms with Gasteiger partial charge in [-0.15, -0.1) is 0 Å². The van der Waals surface area contributed by atoms with E-state index >= 15 is 0 Å². The summed E-state index contributed by atoms with van der Waals surface area (Å²) in [6, 6.07) is -2.12. The van der Waals surface area contributed by atoms with Crippen LogP contribution in [0.15, 0.2) is 0 Å². The van der Waals surface area contributed by atoms with Crippen molar-refractivity contribution in [3.05, 3.63) is 0 Å². The molecule has 0 rings (SSSR count). The Balaban J connectivity index is -0.000000462. The Morgan fingerprint density at radius 2 is 1.67 bits per heavy atom. The van der Waals surface area contributed by atoms with E-state index < -0.39 is 24.0 Å². The van der Waals surface area contributed by atoms with Gasteiger partial charge in [0.2, 0.25) is 5.91 Å². The van der Waals surface area contributed by atoms with Crippen LogP contribution in [-0.4, -0.2) is 72.2 Å². The third-order valence-corrected chi connectivity index (χ3v) is 2.20. The first-order valence-electron chi connectivity index (χ1n) is 6.86. The second-order valence-electron chi connectivity index (χ2n) is 3.87. The second kappa shape index (κ2) is 18.4. The maximum Gasteiger partial charge on any atom is 0.326 e. The molecule has 0 bridgehead atoms. The van der Waals surface area contributed by atoms with Gasteiger partial charge in [-0.1, -0.05) is 6.92 Å². The van der Waals surface area contributed by atoms with E-state index in [1.807, 2.05) is 12.2 Å². The summed E-state index contributed by atoms with van der Waals surface area (Å²) in [7, 11) is 2.63. The van der Waals surface area contributed by atoms with Crippen molar-refractivity contribution >= 4 is 30.2 Å². The van der Waals surface area contributed by atoms with E-state index in [0.717, 1.165) is 7.11 Å². The van der Waals surface area contributed by atoms with Crippen LogP contribution in [0, 0.1) is 0 Å². The quantitative estimate of drug-likeness (QED) is 0.287. The van der Waals surface area contributed by atoms with Crippen LogP contribution in [0.4, 0.5) is 4.79 Å². The van der Waals surface area contributed by atoms with E-state index in [2.05, 4.69) is 10.6 Å². The Morgan fingerprint density at radius 1 is 1.12 bits per heavy atom. The number of aldehydes is 1. The van der Waals surface area contributed by atoms with Crippen LogP contribution < -0.4 is 16.0 Å². The van der Waals surface area contributed by atoms with Crippen molar-refractivity contribution in [2.45, 2.75) is 32.2 Å². The van der Waals surface area contributed by atoms with E-state index in [-0.39, 0.29) is 25.3 Å². The van der Waals surface area contributed by atoms with Crippen molar-refractivity contribution in [3.8, 4) is 0 Å². The lowest BCUT2D eigenvalue weighted by molar-refractivity contribution is -0.140. The number of aliphatic carboxylic acids is 2. The molecule has 0 aromatic heterocycles. The van der Waals surface area contributed by atoms with Crippen molar-refractivity contribution < 1.29 is 39.3 Å². The Hall–Kier alpha value is -2.69. The molecular formula is C13H25N3O8. The van der Waals surface area contributed by atoms with Gasteiger partial charge in [0, 0.05) is 27.0 Å². The van der Waals surface area contributed by atoms with Gasteiger partial charge < -0.3 is 36.1 Å². The molecular weight excluding hydrogens is 326 g/mol. The van der Waals surface area contributed by atoms with Gasteiger partial charge in [0.15, 0.2) is 0 Å². The van der Waals surface area contributed by atoms with Crippen LogP contribution in [0.1, 0.15) is 26.2 Å². The molecule has 0 aromatic rings. The minimum atomic E-state index is -1.33. The van der Waals surface area contributed by atoms with Crippen LogP contribution in [0.3, 0.4) is 0 Å². The zero-order valence-corrected chi connectivity index (χ0v) is 13.9. The average Bonchev–Trinajstić information content (AvgIpc) is 2.57. The number of carboxylic acids is 2. The highest BCUT2D eigenvalue weighted by molar-refractivity contribution is 5.83. The molecule has 0 aliphatic heterocycles. The fraction of sp³-hybridized carbons (Fsp3) is 0.615. The Kier molecular flexibility index (Phi) is 20.1. The number of aliphatic hydroxyl groups is 1. The number of urea groups is 1. The monoisotopic (exact) mass is 351 g/mol. The lowest BCUT2D eigenvalue weighted by atomic mass is 10.1. The maximum absolute atomic E-state index is 11.0. The lowest BCUT2D eigenvalue weighted by Crippen LogP contribution is -2.46. The first kappa shape index (κ1) is 26.2. The summed E-state index contributed by atoms with van der Waals surface area (Å²) in [6.45, 7) is 1.58. The molecule has 0 spiro atoms. The van der Waals surface area contributed by atoms with Crippen LogP contribution in [0.5, 0.6) is 0 Å². The van der Waals surface area contributed by atoms with Crippen LogP contribution >= 0.6 is 0 Å². The minimum absolute atomic E-state index is 0.0926. The molecule has 11 heteroatoms. The Labute approximate surface area is 139 Å². The normalized spacial score (nSPS) is 9.67. The fourth-order valence-electron chi connectivity index (χ4n) is 1.05. The number of carboxylic acid groups (broad SMARTS) is 2. The second-order valence-corrected chi connectivity index (χ2v) is 3.87. The summed E-state index contributed by atoms with van der Waals surface area (Å²) in [5.74, 6) is -2.39. The van der Waals surface area contributed by atoms with Gasteiger partial charge in [0.05, 0.1) is 6.54 Å². The molecule has 0 unspecified atom stereocenters. The summed E-state index contributed by atoms with van der Waals surface area (Å²) in [5.41, 5.74) is 0. The van der Waals surface area contributed by atoms with E-state index in [0.29, 0.717) is 12.7 Å². The molecule has 0 heterocycles. The largest absolute Gasteiger partial charge is 0.481 e. The predicted octanol–water partition coefficient (Wildman–Crippen LogP) is -1.45. The van der Waals surface area contributed by atoms with E-state index in [4.69, 9.17) is 15.3 Å². The number of carbonyl (C=O) groups excluding carboxylic acids is 3. The molecule has 11 nitrogen and oxygen atoms in total. The molecule has 0 aliphatic rings. The average molecular weight is 351 g/mol. The highest BCUT2D eigenvalue weighted by Crippen LogP contribution is 1.97. The minimum Gasteiger partial charge on any atom is -0.481 e. The Bertz CT molecular complexity index is 395. The molecule has 0 radical (unpaired) electrons. The molecule has 1 atom stereocenters. The van der Waals surface area contributed by atoms with Gasteiger partial charge in [0.25, 0.3) is 0 Å². The molecule has 0 saturated carbocycles. The molecule has 0 saturated heterocycles. The smallest absolute Gasteiger partial charge is 0.326 e. The van der Waals surface area contributed by atoms with Crippen molar-refractivity contribution in [1.29, 1.82) is 0 Å². The van der Waals surface area contributed by atoms with Gasteiger partial charge in [-0.05, 0) is 6.42 Å². The number of nitrogens with one attached hydrogen (secondary N) is 3. The predicted molar refractivity (Wildman–Crippen MR) is 83.4 cm³/mol. The highest BCUT2D eigenvalue weighted by atomic mass is 16.4. The van der Waals surface area contributed by atoms with E-state index in [9.17, 15) is 24.0 Å². The van der Waals surface area contributed by atoms with Gasteiger partial charge in [-0.3, -0.25) is 9.59 Å². The number of aliphatic hydroxyl groups excluding tert-OH is 1. The number of rotatable bonds is 8. The van der Waals surface area contributed by atoms with Gasteiger partial charge in [-0.2, -0.15) is 0 Å². The first-order chi connectivity index (χ1) is 11.3. The summed E-state index contributed by atoms with van der Waals surface area (Å²) in [6.07, 6.45) is 0.424. The number of hydrogen-bond acceptors (Lipinski definition) is 6. The SMILES string of the molecule is CCC(=O)NC.CO.O=CCNC(=O)N[C@@H](CCC(=O)O)C(=O)O. The summed E-state index contributed by atoms with van der Waals surface area (Å²) in [5, 5.41) is 30.6. The maximum atomic E-state index is 11.0. The summed E-state index contributed by atoms with van der Waals surface area (Å²) >= 11 is 0. The summed E-state index contributed by atoms with van der Waals surface area (Å²) < 4.78 is 0. The number of amides is 3. The summed E-state index contributed by atoms with van der Waals surface area (Å²) in [4.78, 5) is 51.8. The van der Waals surface area contributed by atoms with Gasteiger partial charge in [0.1, 0.15) is 12.3 Å². The van der Waals surface area contributed by atoms with Crippen LogP contribution in [0.2, 0.25) is 0 Å². The van der Waals surface area contributed by atoms with Crippen molar-refractivity contribution in [3.63, 3.8) is 0 Å². The third-order valence-electron chi connectivity index (χ3n) is 2.20. The van der Waals surface area contributed by atoms with Crippen molar-refractivity contribution in [2.24, 2.45) is 0 Å². The topological polar surface area (TPSA) is 182 Å². The molecule has 3 amide bonds.